The maximum Gasteiger partial charge on any atom is 0.264 e. The second kappa shape index (κ2) is 10.3. The van der Waals surface area contributed by atoms with Gasteiger partial charge in [0.05, 0.1) is 24.3 Å². The van der Waals surface area contributed by atoms with Gasteiger partial charge in [-0.05, 0) is 41.3 Å². The van der Waals surface area contributed by atoms with Crippen LogP contribution in [-0.4, -0.2) is 55.2 Å². The first-order valence-corrected chi connectivity index (χ1v) is 11.0. The lowest BCUT2D eigenvalue weighted by Crippen LogP contribution is -2.43. The van der Waals surface area contributed by atoms with Gasteiger partial charge in [-0.15, -0.1) is 11.3 Å². The van der Waals surface area contributed by atoms with Crippen molar-refractivity contribution in [3.8, 4) is 11.5 Å². The molecule has 0 spiro atoms. The lowest BCUT2D eigenvalue weighted by molar-refractivity contribution is -0.133. The lowest BCUT2D eigenvalue weighted by atomic mass is 10.2. The fraction of sp³-hybridized carbons (Fsp3) is 0.304. The van der Waals surface area contributed by atoms with Crippen LogP contribution in [-0.2, 0) is 22.6 Å². The predicted molar refractivity (Wildman–Crippen MR) is 118 cm³/mol. The fourth-order valence-corrected chi connectivity index (χ4v) is 4.05. The van der Waals surface area contributed by atoms with E-state index in [1.54, 1.807) is 30.4 Å². The zero-order valence-corrected chi connectivity index (χ0v) is 18.5. The first-order valence-electron chi connectivity index (χ1n) is 10.1. The number of thiophene rings is 1. The number of hydrogen-bond donors (Lipinski definition) is 0. The molecule has 1 aromatic carbocycles. The first-order chi connectivity index (χ1) is 15.6. The van der Waals surface area contributed by atoms with Gasteiger partial charge in [0.25, 0.3) is 5.91 Å². The fourth-order valence-electron chi connectivity index (χ4n) is 3.36. The van der Waals surface area contributed by atoms with Crippen molar-refractivity contribution in [2.24, 2.45) is 0 Å². The zero-order chi connectivity index (χ0) is 22.3. The van der Waals surface area contributed by atoms with E-state index in [0.717, 1.165) is 5.56 Å². The summed E-state index contributed by atoms with van der Waals surface area (Å²) in [5.41, 5.74) is 0.891. The van der Waals surface area contributed by atoms with Gasteiger partial charge >= 0.3 is 0 Å². The Hall–Kier alpha value is -3.30. The van der Waals surface area contributed by atoms with E-state index in [1.165, 1.54) is 16.2 Å². The predicted octanol–water partition coefficient (Wildman–Crippen LogP) is 3.39. The largest absolute Gasteiger partial charge is 0.467 e. The summed E-state index contributed by atoms with van der Waals surface area (Å²) in [6, 6.07) is 12.8. The number of carbonyl (C=O) groups excluding carboxylic acids is 2. The second-order valence-electron chi connectivity index (χ2n) is 7.21. The SMILES string of the molecule is COCCN(CC(=O)N(Cc1ccc2c(c1)OCO2)Cc1ccco1)C(=O)c1cccs1. The van der Waals surface area contributed by atoms with Crippen LogP contribution in [0.1, 0.15) is 21.0 Å². The van der Waals surface area contributed by atoms with Gasteiger partial charge in [0.15, 0.2) is 11.5 Å². The molecule has 0 bridgehead atoms. The number of fused-ring (bicyclic) bond motifs is 1. The van der Waals surface area contributed by atoms with Crippen molar-refractivity contribution in [2.45, 2.75) is 13.1 Å². The van der Waals surface area contributed by atoms with Gasteiger partial charge in [-0.2, -0.15) is 0 Å². The molecule has 0 fully saturated rings. The van der Waals surface area contributed by atoms with Gasteiger partial charge in [0, 0.05) is 20.2 Å². The number of carbonyl (C=O) groups is 2. The number of benzene rings is 1. The van der Waals surface area contributed by atoms with E-state index in [2.05, 4.69) is 0 Å². The van der Waals surface area contributed by atoms with Crippen LogP contribution in [0.3, 0.4) is 0 Å². The molecule has 4 rings (SSSR count). The Balaban J connectivity index is 1.52. The van der Waals surface area contributed by atoms with Crippen molar-refractivity contribution < 1.29 is 28.2 Å². The third-order valence-electron chi connectivity index (χ3n) is 5.00. The van der Waals surface area contributed by atoms with Crippen molar-refractivity contribution in [1.29, 1.82) is 0 Å². The molecule has 1 aliphatic rings. The Kier molecular flexibility index (Phi) is 7.08. The molecule has 3 aromatic rings. The summed E-state index contributed by atoms with van der Waals surface area (Å²) in [7, 11) is 1.57. The van der Waals surface area contributed by atoms with Gasteiger partial charge < -0.3 is 28.4 Å². The van der Waals surface area contributed by atoms with E-state index < -0.39 is 0 Å². The molecular formula is C23H24N2O6S. The first kappa shape index (κ1) is 21.9. The summed E-state index contributed by atoms with van der Waals surface area (Å²) in [6.45, 7) is 1.40. The summed E-state index contributed by atoms with van der Waals surface area (Å²) in [6.07, 6.45) is 1.57. The van der Waals surface area contributed by atoms with E-state index in [9.17, 15) is 9.59 Å². The molecule has 0 aliphatic carbocycles. The topological polar surface area (TPSA) is 81.5 Å². The van der Waals surface area contributed by atoms with Gasteiger partial charge in [0.1, 0.15) is 12.3 Å². The number of rotatable bonds is 10. The maximum absolute atomic E-state index is 13.4. The highest BCUT2D eigenvalue weighted by Gasteiger charge is 2.24. The Morgan fingerprint density at radius 3 is 2.69 bits per heavy atom. The second-order valence-corrected chi connectivity index (χ2v) is 8.16. The zero-order valence-electron chi connectivity index (χ0n) is 17.7. The number of ether oxygens (including phenoxy) is 3. The van der Waals surface area contributed by atoms with Gasteiger partial charge in [-0.3, -0.25) is 9.59 Å². The minimum Gasteiger partial charge on any atom is -0.467 e. The van der Waals surface area contributed by atoms with Crippen molar-refractivity contribution in [1.82, 2.24) is 9.80 Å². The average molecular weight is 457 g/mol. The summed E-state index contributed by atoms with van der Waals surface area (Å²) in [5.74, 6) is 1.62. The van der Waals surface area contributed by atoms with E-state index >= 15 is 0 Å². The van der Waals surface area contributed by atoms with Crippen molar-refractivity contribution in [3.05, 3.63) is 70.3 Å². The molecule has 168 valence electrons. The number of furan rings is 1. The minimum atomic E-state index is -0.194. The van der Waals surface area contributed by atoms with Crippen LogP contribution in [0.4, 0.5) is 0 Å². The van der Waals surface area contributed by atoms with Crippen LogP contribution in [0.5, 0.6) is 11.5 Å². The molecule has 3 heterocycles. The van der Waals surface area contributed by atoms with Crippen molar-refractivity contribution >= 4 is 23.2 Å². The van der Waals surface area contributed by atoms with Crippen LogP contribution >= 0.6 is 11.3 Å². The van der Waals surface area contributed by atoms with Crippen LogP contribution in [0.15, 0.2) is 58.5 Å². The summed E-state index contributed by atoms with van der Waals surface area (Å²) in [5, 5.41) is 1.84. The van der Waals surface area contributed by atoms with Gasteiger partial charge in [0.2, 0.25) is 12.7 Å². The third kappa shape index (κ3) is 5.30. The van der Waals surface area contributed by atoms with Crippen LogP contribution in [0, 0.1) is 0 Å². The molecule has 0 saturated carbocycles. The number of nitrogens with zero attached hydrogens (tertiary/aromatic N) is 2. The summed E-state index contributed by atoms with van der Waals surface area (Å²) < 4.78 is 21.4. The lowest BCUT2D eigenvalue weighted by Gasteiger charge is -2.27. The Bertz CT molecular complexity index is 1030. The molecule has 2 aromatic heterocycles. The summed E-state index contributed by atoms with van der Waals surface area (Å²) >= 11 is 1.35. The smallest absolute Gasteiger partial charge is 0.264 e. The normalized spacial score (nSPS) is 12.0. The van der Waals surface area contributed by atoms with Crippen LogP contribution in [0.25, 0.3) is 0 Å². The molecule has 8 nitrogen and oxygen atoms in total. The van der Waals surface area contributed by atoms with Gasteiger partial charge in [-0.1, -0.05) is 12.1 Å². The molecular weight excluding hydrogens is 432 g/mol. The number of hydrogen-bond acceptors (Lipinski definition) is 7. The average Bonchev–Trinajstić information content (AvgIpc) is 3.57. The third-order valence-corrected chi connectivity index (χ3v) is 5.86. The molecule has 9 heteroatoms. The van der Waals surface area contributed by atoms with E-state index in [0.29, 0.717) is 41.8 Å². The quantitative estimate of drug-likeness (QED) is 0.465. The number of methoxy groups -OCH3 is 1. The van der Waals surface area contributed by atoms with E-state index in [4.69, 9.17) is 18.6 Å². The monoisotopic (exact) mass is 456 g/mol. The molecule has 0 unspecified atom stereocenters. The Labute approximate surface area is 189 Å². The maximum atomic E-state index is 13.4. The molecule has 0 atom stereocenters. The Morgan fingerprint density at radius 1 is 1.06 bits per heavy atom. The molecule has 0 radical (unpaired) electrons. The summed E-state index contributed by atoms with van der Waals surface area (Å²) in [4.78, 5) is 30.1. The highest BCUT2D eigenvalue weighted by molar-refractivity contribution is 7.12. The van der Waals surface area contributed by atoms with E-state index in [-0.39, 0.29) is 31.7 Å². The number of amides is 2. The molecule has 0 N–H and O–H groups in total. The minimum absolute atomic E-state index is 0.0641. The van der Waals surface area contributed by atoms with Crippen molar-refractivity contribution in [2.75, 3.05) is 33.6 Å². The van der Waals surface area contributed by atoms with Crippen LogP contribution in [0.2, 0.25) is 0 Å². The van der Waals surface area contributed by atoms with Crippen LogP contribution < -0.4 is 9.47 Å². The molecule has 32 heavy (non-hydrogen) atoms. The molecule has 1 aliphatic heterocycles. The Morgan fingerprint density at radius 2 is 1.94 bits per heavy atom. The van der Waals surface area contributed by atoms with Gasteiger partial charge in [-0.25, -0.2) is 0 Å². The molecule has 2 amide bonds. The standard InChI is InChI=1S/C23H24N2O6S/c1-28-10-8-24(23(27)21-5-3-11-32-21)15-22(26)25(14-18-4-2-9-29-18)13-17-6-7-19-20(12-17)31-16-30-19/h2-7,9,11-12H,8,10,13-16H2,1H3. The highest BCUT2D eigenvalue weighted by atomic mass is 32.1. The van der Waals surface area contributed by atoms with E-state index in [1.807, 2.05) is 35.7 Å². The highest BCUT2D eigenvalue weighted by Crippen LogP contribution is 2.33. The van der Waals surface area contributed by atoms with Crippen molar-refractivity contribution in [3.63, 3.8) is 0 Å². The molecule has 0 saturated heterocycles.